The van der Waals surface area contributed by atoms with E-state index < -0.39 is 84.3 Å². The summed E-state index contributed by atoms with van der Waals surface area (Å²) in [7, 11) is 6.20. The Bertz CT molecular complexity index is 2970. The second-order valence-electron chi connectivity index (χ2n) is 29.2. The zero-order chi connectivity index (χ0) is 73.5. The van der Waals surface area contributed by atoms with Crippen LogP contribution in [0.25, 0.3) is 0 Å². The van der Waals surface area contributed by atoms with Gasteiger partial charge in [-0.1, -0.05) is 138 Å². The third kappa shape index (κ3) is 24.0. The van der Waals surface area contributed by atoms with Crippen LogP contribution in [0, 0.1) is 52.8 Å². The molecule has 548 valence electrons. The van der Waals surface area contributed by atoms with Crippen molar-refractivity contribution in [2.75, 3.05) is 53.3 Å². The summed E-state index contributed by atoms with van der Waals surface area (Å²) in [5.74, 6) is -6.52. The van der Waals surface area contributed by atoms with Crippen molar-refractivity contribution in [3.63, 3.8) is 0 Å². The number of amides is 10. The Morgan fingerprint density at radius 1 is 0.755 bits per heavy atom. The molecule has 0 bridgehead atoms. The number of aliphatic hydroxyl groups is 1. The molecule has 1 unspecified atom stereocenters. The number of anilines is 1. The summed E-state index contributed by atoms with van der Waals surface area (Å²) in [6, 6.07) is 11.4. The minimum absolute atomic E-state index is 0.0697. The largest absolute Gasteiger partial charge is 0.445 e. The van der Waals surface area contributed by atoms with Crippen LogP contribution in [0.3, 0.4) is 0 Å². The van der Waals surface area contributed by atoms with E-state index in [0.717, 1.165) is 0 Å². The van der Waals surface area contributed by atoms with Crippen molar-refractivity contribution in [1.82, 2.24) is 35.6 Å². The van der Waals surface area contributed by atoms with Gasteiger partial charge < -0.3 is 61.0 Å². The number of ether oxygens (including phenoxy) is 3. The van der Waals surface area contributed by atoms with Crippen LogP contribution >= 0.6 is 0 Å². The van der Waals surface area contributed by atoms with Crippen LogP contribution in [-0.2, 0) is 64.0 Å². The smallest absolute Gasteiger partial charge is 0.410 e. The maximum absolute atomic E-state index is 14.9. The fourth-order valence-corrected chi connectivity index (χ4v) is 13.7. The molecule has 0 aromatic heterocycles. The molecule has 0 radical (unpaired) electrons. The first kappa shape index (κ1) is 83.1. The Hall–Kier alpha value is -7.31. The van der Waals surface area contributed by atoms with Crippen LogP contribution < -0.4 is 27.0 Å². The third-order valence-electron chi connectivity index (χ3n) is 19.8. The van der Waals surface area contributed by atoms with Gasteiger partial charge in [0.2, 0.25) is 41.4 Å². The number of aliphatic hydroxyl groups excluding tert-OH is 1. The summed E-state index contributed by atoms with van der Waals surface area (Å²) in [4.78, 5) is 156. The average molecular weight is 1370 g/mol. The van der Waals surface area contributed by atoms with Crippen LogP contribution in [-0.4, -0.2) is 180 Å². The molecule has 10 amide bonds. The molecule has 0 spiro atoms. The van der Waals surface area contributed by atoms with E-state index in [4.69, 9.17) is 19.9 Å². The van der Waals surface area contributed by atoms with Gasteiger partial charge in [0.25, 0.3) is 0 Å². The number of hydrogen-bond donors (Lipinski definition) is 6. The fourth-order valence-electron chi connectivity index (χ4n) is 13.7. The summed E-state index contributed by atoms with van der Waals surface area (Å²) in [6.45, 7) is 25.0. The second-order valence-corrected chi connectivity index (χ2v) is 29.2. The fraction of sp³-hybridized carbons (Fsp3) is 0.689. The molecule has 13 atom stereocenters. The molecular weight excluding hydrogens is 1250 g/mol. The van der Waals surface area contributed by atoms with E-state index in [1.807, 2.05) is 80.5 Å². The molecule has 2 aliphatic heterocycles. The minimum atomic E-state index is -0.971. The maximum Gasteiger partial charge on any atom is 0.410 e. The zero-order valence-electron chi connectivity index (χ0n) is 61.5. The number of likely N-dealkylation sites (tertiary alicyclic amines) is 2. The minimum Gasteiger partial charge on any atom is -0.445 e. The topological polar surface area (TPSA) is 323 Å². The molecule has 24 nitrogen and oxygen atoms in total. The average Bonchev–Trinajstić information content (AvgIpc) is 1.49. The molecular formula is C74H117N9O15. The van der Waals surface area contributed by atoms with E-state index in [9.17, 15) is 57.8 Å². The predicted molar refractivity (Wildman–Crippen MR) is 374 cm³/mol. The molecule has 4 rings (SSSR count). The molecule has 2 fully saturated rings. The van der Waals surface area contributed by atoms with Gasteiger partial charge in [0.15, 0.2) is 11.6 Å². The third-order valence-corrected chi connectivity index (χ3v) is 19.8. The van der Waals surface area contributed by atoms with E-state index in [1.54, 1.807) is 80.9 Å². The van der Waals surface area contributed by atoms with Gasteiger partial charge in [-0.05, 0) is 97.8 Å². The lowest BCUT2D eigenvalue weighted by atomic mass is 9.80. The molecule has 0 aliphatic carbocycles. The van der Waals surface area contributed by atoms with Crippen molar-refractivity contribution >= 4 is 70.7 Å². The van der Waals surface area contributed by atoms with Crippen LogP contribution in [0.2, 0.25) is 0 Å². The van der Waals surface area contributed by atoms with Crippen molar-refractivity contribution in [3.05, 3.63) is 65.7 Å². The molecule has 24 heteroatoms. The number of imide groups is 1. The van der Waals surface area contributed by atoms with Gasteiger partial charge in [-0.2, -0.15) is 0 Å². The van der Waals surface area contributed by atoms with Gasteiger partial charge in [-0.3, -0.25) is 48.1 Å². The van der Waals surface area contributed by atoms with E-state index in [1.165, 1.54) is 31.1 Å². The Kier molecular flexibility index (Phi) is 33.5. The first-order valence-corrected chi connectivity index (χ1v) is 35.3. The number of benzene rings is 2. The number of unbranched alkanes of at least 4 members (excludes halogenated alkanes) is 2. The number of rotatable bonds is 40. The van der Waals surface area contributed by atoms with E-state index >= 15 is 0 Å². The molecule has 7 N–H and O–H groups in total. The summed E-state index contributed by atoms with van der Waals surface area (Å²) in [5.41, 5.74) is 6.57. The summed E-state index contributed by atoms with van der Waals surface area (Å²) in [6.07, 6.45) is 0.788. The Morgan fingerprint density at radius 3 is 1.97 bits per heavy atom. The summed E-state index contributed by atoms with van der Waals surface area (Å²) in [5, 5.41) is 22.2. The van der Waals surface area contributed by atoms with E-state index in [-0.39, 0.29) is 140 Å². The number of carbonyl (C=O) groups excluding carboxylic acids is 11. The Labute approximate surface area is 582 Å². The van der Waals surface area contributed by atoms with Crippen molar-refractivity contribution in [3.8, 4) is 0 Å². The molecule has 2 aromatic carbocycles. The summed E-state index contributed by atoms with van der Waals surface area (Å²) >= 11 is 0. The number of carbonyl (C=O) groups is 11. The molecule has 0 saturated carbocycles. The van der Waals surface area contributed by atoms with Crippen LogP contribution in [0.15, 0.2) is 54.6 Å². The number of nitrogens with one attached hydrogen (secondary N) is 4. The molecule has 2 aromatic rings. The first-order chi connectivity index (χ1) is 46.1. The number of primary amides is 1. The van der Waals surface area contributed by atoms with E-state index in [2.05, 4.69) is 21.3 Å². The number of nitrogens with zero attached hydrogens (tertiary/aromatic N) is 4. The summed E-state index contributed by atoms with van der Waals surface area (Å²) < 4.78 is 17.8. The number of Topliss-reactive ketones (excluding diaryl/α,β-unsaturated/α-hetero) is 2. The number of nitrogens with two attached hydrogens (primary N) is 1. The molecule has 2 saturated heterocycles. The van der Waals surface area contributed by atoms with Gasteiger partial charge in [0, 0.05) is 91.2 Å². The second kappa shape index (κ2) is 39.5. The van der Waals surface area contributed by atoms with E-state index in [0.29, 0.717) is 68.3 Å². The molecule has 2 aliphatic rings. The van der Waals surface area contributed by atoms with Gasteiger partial charge in [0.05, 0.1) is 66.8 Å². The molecule has 2 heterocycles. The lowest BCUT2D eigenvalue weighted by molar-refractivity contribution is -0.149. The Morgan fingerprint density at radius 2 is 1.41 bits per heavy atom. The lowest BCUT2D eigenvalue weighted by Crippen LogP contribution is -2.55. The first-order valence-electron chi connectivity index (χ1n) is 35.3. The number of ketones is 2. The number of methoxy groups -OCH3 is 2. The van der Waals surface area contributed by atoms with Crippen molar-refractivity contribution in [2.45, 2.75) is 229 Å². The highest BCUT2D eigenvalue weighted by Crippen LogP contribution is 2.36. The van der Waals surface area contributed by atoms with Gasteiger partial charge in [-0.25, -0.2) is 9.59 Å². The predicted octanol–water partition coefficient (Wildman–Crippen LogP) is 8.75. The highest BCUT2D eigenvalue weighted by molar-refractivity contribution is 6.04. The monoisotopic (exact) mass is 1370 g/mol. The number of likely N-dealkylation sites (N-methyl/N-ethyl adjacent to an activating group) is 2. The lowest BCUT2D eigenvalue weighted by Gasteiger charge is -2.41. The normalized spacial score (nSPS) is 18.4. The zero-order valence-corrected chi connectivity index (χ0v) is 61.5. The quantitative estimate of drug-likeness (QED) is 0.0268. The van der Waals surface area contributed by atoms with Gasteiger partial charge in [0.1, 0.15) is 6.61 Å². The standard InChI is InChI=1S/C74H117N9O15/c1-18-47(8)65(59(96-16)42-62(88)82-38-26-30-56(82)67(97-17)48(9)68(90)77-49(10)66(89)51-27-21-19-22-28-51)80(14)70(92)54(44(2)3)40-58(85)64(46(6)7)81(15)73(95)98-43-50-32-34-53(35-33-50)78-69(91)52(29-25-36-76-72(75)94)39-57(84)63(45(4)5)79-60(86)31-23-20-24-37-83-61(87)41-55(71(83)93)74(11,12)13/h19,21-22,27-28,32-35,44-49,52,54-56,59,63-67,89H,18,20,23-26,29-31,36-43H2,1-17H3,(H,77,90)(H,78,91)(H,79,86)(H3,75,76,94)/t47-,48+,49+,52+,54-,55?,56-,59+,63-,64-,65-,66+,67+/m0/s1. The van der Waals surface area contributed by atoms with Crippen molar-refractivity contribution < 1.29 is 72.1 Å². The van der Waals surface area contributed by atoms with Crippen LogP contribution in [0.5, 0.6) is 0 Å². The van der Waals surface area contributed by atoms with Crippen LogP contribution in [0.1, 0.15) is 191 Å². The highest BCUT2D eigenvalue weighted by atomic mass is 16.6. The SMILES string of the molecule is CC[C@H](C)[C@@H]([C@@H](CC(=O)N1CCC[C@H]1[C@H](OC)[C@@H](C)C(=O)N[C@H](C)[C@@H](O)c1ccccc1)OC)N(C)C(=O)[C@@H](CC(=O)[C@H](C(C)C)N(C)C(=O)OCc1ccc(NC(=O)[C@H](CCCNC(N)=O)CC(=O)[C@@H](NC(=O)CCCCCN2C(=O)CC(C(C)(C)C)C2=O)C(C)C)cc1)C(C)C. The van der Waals surface area contributed by atoms with Gasteiger partial charge >= 0.3 is 12.1 Å². The highest BCUT2D eigenvalue weighted by Gasteiger charge is 2.46. The van der Waals surface area contributed by atoms with Crippen molar-refractivity contribution in [1.29, 1.82) is 0 Å². The maximum atomic E-state index is 14.9. The Balaban J connectivity index is 1.37. The van der Waals surface area contributed by atoms with Crippen molar-refractivity contribution in [2.24, 2.45) is 58.5 Å². The molecule has 98 heavy (non-hydrogen) atoms. The number of urea groups is 1. The van der Waals surface area contributed by atoms with Gasteiger partial charge in [-0.15, -0.1) is 0 Å². The van der Waals surface area contributed by atoms with Crippen LogP contribution in [0.4, 0.5) is 15.3 Å². The number of hydrogen-bond acceptors (Lipinski definition) is 15.